The normalized spacial score (nSPS) is 16.1. The van der Waals surface area contributed by atoms with Gasteiger partial charge in [0.1, 0.15) is 0 Å². The number of ether oxygens (including phenoxy) is 1. The zero-order valence-corrected chi connectivity index (χ0v) is 11.7. The molecule has 0 unspecified atom stereocenters. The Kier molecular flexibility index (Phi) is 4.74. The summed E-state index contributed by atoms with van der Waals surface area (Å²) in [6.07, 6.45) is 2.47. The first kappa shape index (κ1) is 14.0. The predicted molar refractivity (Wildman–Crippen MR) is 70.9 cm³/mol. The molecule has 1 aromatic rings. The fourth-order valence-corrected chi connectivity index (χ4v) is 3.92. The first-order valence-corrected chi connectivity index (χ1v) is 8.33. The molecule has 1 heterocycles. The smallest absolute Gasteiger partial charge is 0.241 e. The number of nitrogens with two attached hydrogens (primary N) is 1. The van der Waals surface area contributed by atoms with Crippen molar-refractivity contribution in [2.75, 3.05) is 19.8 Å². The molecular weight excluding hydrogens is 272 g/mol. The van der Waals surface area contributed by atoms with Crippen LogP contribution >= 0.6 is 11.3 Å². The second-order valence-corrected chi connectivity index (χ2v) is 7.06. The molecule has 102 valence electrons. The Morgan fingerprint density at radius 1 is 1.50 bits per heavy atom. The van der Waals surface area contributed by atoms with E-state index < -0.39 is 10.0 Å². The van der Waals surface area contributed by atoms with Crippen LogP contribution < -0.4 is 10.5 Å². The fraction of sp³-hybridized carbons (Fsp3) is 0.636. The zero-order valence-electron chi connectivity index (χ0n) is 10.1. The summed E-state index contributed by atoms with van der Waals surface area (Å²) in [6.45, 7) is 1.70. The SMILES string of the molecule is NCc1sccc1S(=O)(=O)NCCOCC1CC1. The molecule has 1 saturated carbocycles. The van der Waals surface area contributed by atoms with E-state index in [0.29, 0.717) is 23.9 Å². The van der Waals surface area contributed by atoms with Crippen LogP contribution in [0.4, 0.5) is 0 Å². The highest BCUT2D eigenvalue weighted by Crippen LogP contribution is 2.28. The Bertz CT molecular complexity index is 480. The summed E-state index contributed by atoms with van der Waals surface area (Å²) in [4.78, 5) is 0.971. The van der Waals surface area contributed by atoms with Crippen molar-refractivity contribution in [3.05, 3.63) is 16.3 Å². The minimum absolute atomic E-state index is 0.242. The lowest BCUT2D eigenvalue weighted by Crippen LogP contribution is -2.28. The number of sulfonamides is 1. The molecule has 18 heavy (non-hydrogen) atoms. The molecule has 1 aliphatic rings. The van der Waals surface area contributed by atoms with Crippen LogP contribution in [0.15, 0.2) is 16.3 Å². The first-order chi connectivity index (χ1) is 8.63. The molecule has 0 aliphatic heterocycles. The quantitative estimate of drug-likeness (QED) is 0.697. The predicted octanol–water partition coefficient (Wildman–Crippen LogP) is 0.912. The van der Waals surface area contributed by atoms with Crippen LogP contribution in [0.5, 0.6) is 0 Å². The summed E-state index contributed by atoms with van der Waals surface area (Å²) >= 11 is 1.36. The summed E-state index contributed by atoms with van der Waals surface area (Å²) in [5.74, 6) is 0.697. The average molecular weight is 290 g/mol. The van der Waals surface area contributed by atoms with Crippen LogP contribution in [0.3, 0.4) is 0 Å². The number of hydrogen-bond donors (Lipinski definition) is 2. The van der Waals surface area contributed by atoms with E-state index in [4.69, 9.17) is 10.5 Å². The van der Waals surface area contributed by atoms with E-state index in [1.54, 1.807) is 11.4 Å². The lowest BCUT2D eigenvalue weighted by Gasteiger charge is -2.07. The highest BCUT2D eigenvalue weighted by molar-refractivity contribution is 7.89. The molecule has 1 fully saturated rings. The van der Waals surface area contributed by atoms with E-state index >= 15 is 0 Å². The van der Waals surface area contributed by atoms with Gasteiger partial charge in [0.2, 0.25) is 10.0 Å². The molecule has 2 rings (SSSR count). The van der Waals surface area contributed by atoms with Crippen LogP contribution in [-0.2, 0) is 21.3 Å². The number of nitrogens with one attached hydrogen (secondary N) is 1. The van der Waals surface area contributed by atoms with Crippen molar-refractivity contribution in [3.8, 4) is 0 Å². The molecule has 0 spiro atoms. The number of thiophene rings is 1. The van der Waals surface area contributed by atoms with Crippen molar-refractivity contribution in [1.29, 1.82) is 0 Å². The van der Waals surface area contributed by atoms with E-state index in [-0.39, 0.29) is 11.4 Å². The molecule has 1 aliphatic carbocycles. The van der Waals surface area contributed by atoms with Gasteiger partial charge in [0, 0.05) is 24.6 Å². The second kappa shape index (κ2) is 6.12. The van der Waals surface area contributed by atoms with Crippen molar-refractivity contribution < 1.29 is 13.2 Å². The van der Waals surface area contributed by atoms with Gasteiger partial charge in [-0.05, 0) is 30.2 Å². The van der Waals surface area contributed by atoms with Gasteiger partial charge in [-0.3, -0.25) is 0 Å². The third kappa shape index (κ3) is 3.76. The molecule has 0 aromatic carbocycles. The molecule has 0 atom stereocenters. The maximum atomic E-state index is 12.0. The summed E-state index contributed by atoms with van der Waals surface area (Å²) in [5.41, 5.74) is 5.50. The maximum Gasteiger partial charge on any atom is 0.241 e. The molecule has 5 nitrogen and oxygen atoms in total. The van der Waals surface area contributed by atoms with Gasteiger partial charge in [0.05, 0.1) is 11.5 Å². The monoisotopic (exact) mass is 290 g/mol. The van der Waals surface area contributed by atoms with E-state index in [1.807, 2.05) is 0 Å². The highest BCUT2D eigenvalue weighted by atomic mass is 32.2. The molecule has 0 bridgehead atoms. The van der Waals surface area contributed by atoms with Gasteiger partial charge < -0.3 is 10.5 Å². The van der Waals surface area contributed by atoms with Gasteiger partial charge in [0.15, 0.2) is 0 Å². The Balaban J connectivity index is 1.79. The summed E-state index contributed by atoms with van der Waals surface area (Å²) in [6, 6.07) is 1.58. The lowest BCUT2D eigenvalue weighted by molar-refractivity contribution is 0.129. The molecule has 7 heteroatoms. The maximum absolute atomic E-state index is 12.0. The van der Waals surface area contributed by atoms with E-state index in [1.165, 1.54) is 24.2 Å². The van der Waals surface area contributed by atoms with Gasteiger partial charge in [-0.25, -0.2) is 13.1 Å². The molecule has 3 N–H and O–H groups in total. The zero-order chi connectivity index (χ0) is 13.0. The minimum Gasteiger partial charge on any atom is -0.380 e. The molecular formula is C11H18N2O3S2. The Hall–Kier alpha value is -0.470. The minimum atomic E-state index is -3.44. The molecule has 0 radical (unpaired) electrons. The van der Waals surface area contributed by atoms with E-state index in [2.05, 4.69) is 4.72 Å². The van der Waals surface area contributed by atoms with Crippen molar-refractivity contribution in [1.82, 2.24) is 4.72 Å². The largest absolute Gasteiger partial charge is 0.380 e. The van der Waals surface area contributed by atoms with Crippen LogP contribution in [0, 0.1) is 5.92 Å². The lowest BCUT2D eigenvalue weighted by atomic mass is 10.5. The van der Waals surface area contributed by atoms with E-state index in [0.717, 1.165) is 6.61 Å². The standard InChI is InChI=1S/C11H18N2O3S2/c12-7-10-11(3-6-17-10)18(14,15)13-4-5-16-8-9-1-2-9/h3,6,9,13H,1-2,4-5,7-8,12H2. The Morgan fingerprint density at radius 3 is 2.94 bits per heavy atom. The van der Waals surface area contributed by atoms with Gasteiger partial charge in [-0.15, -0.1) is 11.3 Å². The van der Waals surface area contributed by atoms with Crippen LogP contribution in [0.25, 0.3) is 0 Å². The van der Waals surface area contributed by atoms with Gasteiger partial charge >= 0.3 is 0 Å². The van der Waals surface area contributed by atoms with Crippen molar-refractivity contribution in [2.24, 2.45) is 11.7 Å². The van der Waals surface area contributed by atoms with Crippen molar-refractivity contribution >= 4 is 21.4 Å². The topological polar surface area (TPSA) is 81.4 Å². The summed E-state index contributed by atoms with van der Waals surface area (Å²) < 4.78 is 31.8. The van der Waals surface area contributed by atoms with Crippen molar-refractivity contribution in [3.63, 3.8) is 0 Å². The second-order valence-electron chi connectivity index (χ2n) is 4.33. The first-order valence-electron chi connectivity index (χ1n) is 5.97. The van der Waals surface area contributed by atoms with Gasteiger partial charge in [-0.1, -0.05) is 0 Å². The van der Waals surface area contributed by atoms with Gasteiger partial charge in [0.25, 0.3) is 0 Å². The van der Waals surface area contributed by atoms with Crippen LogP contribution in [0.1, 0.15) is 17.7 Å². The third-order valence-electron chi connectivity index (χ3n) is 2.77. The van der Waals surface area contributed by atoms with Crippen molar-refractivity contribution in [2.45, 2.75) is 24.3 Å². The van der Waals surface area contributed by atoms with E-state index in [9.17, 15) is 8.42 Å². The van der Waals surface area contributed by atoms with Crippen LogP contribution in [0.2, 0.25) is 0 Å². The summed E-state index contributed by atoms with van der Waals surface area (Å²) in [5, 5.41) is 1.74. The molecule has 1 aromatic heterocycles. The third-order valence-corrected chi connectivity index (χ3v) is 5.39. The summed E-state index contributed by atoms with van der Waals surface area (Å²) in [7, 11) is -3.44. The highest BCUT2D eigenvalue weighted by Gasteiger charge is 2.21. The Labute approximate surface area is 111 Å². The fourth-order valence-electron chi connectivity index (χ4n) is 1.58. The average Bonchev–Trinajstić information content (AvgIpc) is 3.03. The Morgan fingerprint density at radius 2 is 2.28 bits per heavy atom. The van der Waals surface area contributed by atoms with Gasteiger partial charge in [-0.2, -0.15) is 0 Å². The number of hydrogen-bond acceptors (Lipinski definition) is 5. The number of rotatable bonds is 8. The van der Waals surface area contributed by atoms with Crippen LogP contribution in [-0.4, -0.2) is 28.2 Å². The molecule has 0 saturated heterocycles. The molecule has 0 amide bonds.